The summed E-state index contributed by atoms with van der Waals surface area (Å²) in [6, 6.07) is 1.86. The van der Waals surface area contributed by atoms with Crippen LogP contribution in [0.2, 0.25) is 0 Å². The monoisotopic (exact) mass is 290 g/mol. The molecule has 7 heteroatoms. The molecule has 114 valence electrons. The molecule has 0 saturated carbocycles. The maximum absolute atomic E-state index is 5.89. The highest BCUT2D eigenvalue weighted by Gasteiger charge is 2.22. The number of nitrogens with zero attached hydrogens (tertiary/aromatic N) is 4. The molecule has 21 heavy (non-hydrogen) atoms. The molecule has 0 radical (unpaired) electrons. The molecule has 7 nitrogen and oxygen atoms in total. The molecule has 0 aliphatic heterocycles. The fourth-order valence-corrected chi connectivity index (χ4v) is 1.85. The summed E-state index contributed by atoms with van der Waals surface area (Å²) in [6.07, 6.45) is 0. The number of hydrazine groups is 1. The molecule has 0 unspecified atom stereocenters. The van der Waals surface area contributed by atoms with Crippen LogP contribution in [0.15, 0.2) is 6.07 Å². The maximum atomic E-state index is 5.89. The summed E-state index contributed by atoms with van der Waals surface area (Å²) >= 11 is 0. The highest BCUT2D eigenvalue weighted by molar-refractivity contribution is 5.49. The SMILES string of the molecule is Cc1cc(Oc2nc(C(C)(C)C)nc(NN)c2C)n(C)n1. The van der Waals surface area contributed by atoms with Crippen molar-refractivity contribution in [2.45, 2.75) is 40.0 Å². The summed E-state index contributed by atoms with van der Waals surface area (Å²) in [6.45, 7) is 9.88. The molecule has 2 aromatic rings. The number of rotatable bonds is 3. The smallest absolute Gasteiger partial charge is 0.229 e. The van der Waals surface area contributed by atoms with E-state index >= 15 is 0 Å². The lowest BCUT2D eigenvalue weighted by Gasteiger charge is -2.20. The van der Waals surface area contributed by atoms with E-state index in [1.807, 2.05) is 47.7 Å². The zero-order valence-electron chi connectivity index (χ0n) is 13.4. The van der Waals surface area contributed by atoms with Gasteiger partial charge in [0.2, 0.25) is 11.8 Å². The Hall–Kier alpha value is -2.15. The van der Waals surface area contributed by atoms with Crippen LogP contribution in [0.3, 0.4) is 0 Å². The van der Waals surface area contributed by atoms with E-state index < -0.39 is 0 Å². The van der Waals surface area contributed by atoms with Crippen molar-refractivity contribution in [3.05, 3.63) is 23.1 Å². The number of aryl methyl sites for hydroxylation is 2. The lowest BCUT2D eigenvalue weighted by Crippen LogP contribution is -2.20. The molecule has 0 aromatic carbocycles. The first-order chi connectivity index (χ1) is 9.72. The van der Waals surface area contributed by atoms with E-state index in [1.165, 1.54) is 0 Å². The first-order valence-electron chi connectivity index (χ1n) is 6.76. The molecular formula is C14H22N6O. The normalized spacial score (nSPS) is 11.6. The van der Waals surface area contributed by atoms with Crippen LogP contribution in [-0.4, -0.2) is 19.7 Å². The number of hydrogen-bond donors (Lipinski definition) is 2. The van der Waals surface area contributed by atoms with Crippen LogP contribution in [0.5, 0.6) is 11.8 Å². The van der Waals surface area contributed by atoms with Gasteiger partial charge in [0.15, 0.2) is 5.82 Å². The topological polar surface area (TPSA) is 90.9 Å². The molecule has 0 amide bonds. The van der Waals surface area contributed by atoms with E-state index in [-0.39, 0.29) is 5.41 Å². The summed E-state index contributed by atoms with van der Waals surface area (Å²) in [5.41, 5.74) is 4.03. The molecule has 0 fully saturated rings. The van der Waals surface area contributed by atoms with Crippen LogP contribution in [0.1, 0.15) is 37.9 Å². The Bertz CT molecular complexity index is 656. The third kappa shape index (κ3) is 3.13. The highest BCUT2D eigenvalue weighted by Crippen LogP contribution is 2.30. The van der Waals surface area contributed by atoms with E-state index in [0.29, 0.717) is 23.4 Å². The Morgan fingerprint density at radius 3 is 2.38 bits per heavy atom. The van der Waals surface area contributed by atoms with Gasteiger partial charge < -0.3 is 10.2 Å². The summed E-state index contributed by atoms with van der Waals surface area (Å²) < 4.78 is 7.56. The van der Waals surface area contributed by atoms with E-state index in [9.17, 15) is 0 Å². The molecule has 0 atom stereocenters. The second kappa shape index (κ2) is 5.33. The van der Waals surface area contributed by atoms with Gasteiger partial charge in [-0.2, -0.15) is 10.1 Å². The third-order valence-corrected chi connectivity index (χ3v) is 3.07. The summed E-state index contributed by atoms with van der Waals surface area (Å²) in [4.78, 5) is 8.97. The van der Waals surface area contributed by atoms with Gasteiger partial charge in [-0.15, -0.1) is 0 Å². The molecule has 0 aliphatic carbocycles. The van der Waals surface area contributed by atoms with Crippen molar-refractivity contribution in [1.82, 2.24) is 19.7 Å². The molecule has 2 aromatic heterocycles. The van der Waals surface area contributed by atoms with Crippen molar-refractivity contribution in [2.75, 3.05) is 5.43 Å². The maximum Gasteiger partial charge on any atom is 0.229 e. The average molecular weight is 290 g/mol. The van der Waals surface area contributed by atoms with Gasteiger partial charge in [0.05, 0.1) is 11.3 Å². The van der Waals surface area contributed by atoms with Gasteiger partial charge in [0, 0.05) is 18.5 Å². The van der Waals surface area contributed by atoms with Crippen molar-refractivity contribution in [3.63, 3.8) is 0 Å². The van der Waals surface area contributed by atoms with Crippen LogP contribution < -0.4 is 16.0 Å². The van der Waals surface area contributed by atoms with Gasteiger partial charge in [-0.25, -0.2) is 15.5 Å². The summed E-state index contributed by atoms with van der Waals surface area (Å²) in [5, 5.41) is 4.26. The Morgan fingerprint density at radius 2 is 1.90 bits per heavy atom. The lowest BCUT2D eigenvalue weighted by atomic mass is 9.95. The second-order valence-corrected chi connectivity index (χ2v) is 6.07. The van der Waals surface area contributed by atoms with Crippen molar-refractivity contribution in [1.29, 1.82) is 0 Å². The second-order valence-electron chi connectivity index (χ2n) is 6.07. The summed E-state index contributed by atoms with van der Waals surface area (Å²) in [7, 11) is 1.83. The van der Waals surface area contributed by atoms with Crippen LogP contribution >= 0.6 is 0 Å². The number of aromatic nitrogens is 4. The van der Waals surface area contributed by atoms with E-state index in [0.717, 1.165) is 11.3 Å². The van der Waals surface area contributed by atoms with E-state index in [2.05, 4.69) is 20.5 Å². The zero-order valence-corrected chi connectivity index (χ0v) is 13.4. The fraction of sp³-hybridized carbons (Fsp3) is 0.500. The number of nitrogens with two attached hydrogens (primary N) is 1. The van der Waals surface area contributed by atoms with Crippen molar-refractivity contribution in [3.8, 4) is 11.8 Å². The number of nitrogen functional groups attached to an aromatic ring is 1. The van der Waals surface area contributed by atoms with Crippen LogP contribution in [-0.2, 0) is 12.5 Å². The minimum Gasteiger partial charge on any atom is -0.420 e. The number of ether oxygens (including phenoxy) is 1. The molecule has 3 N–H and O–H groups in total. The Labute approximate surface area is 124 Å². The average Bonchev–Trinajstić information content (AvgIpc) is 2.69. The standard InChI is InChI=1S/C14H22N6O/c1-8-7-10(20(6)19-8)21-12-9(2)11(18-15)16-13(17-12)14(3,4)5/h7H,15H2,1-6H3,(H,16,17,18). The Kier molecular flexibility index (Phi) is 3.87. The van der Waals surface area contributed by atoms with Gasteiger partial charge in [-0.3, -0.25) is 0 Å². The van der Waals surface area contributed by atoms with E-state index in [1.54, 1.807) is 4.68 Å². The van der Waals surface area contributed by atoms with Gasteiger partial charge in [-0.05, 0) is 13.8 Å². The van der Waals surface area contributed by atoms with Gasteiger partial charge in [-0.1, -0.05) is 20.8 Å². The molecule has 0 aliphatic rings. The predicted octanol–water partition coefficient (Wildman–Crippen LogP) is 2.20. The molecule has 0 spiro atoms. The third-order valence-electron chi connectivity index (χ3n) is 3.07. The summed E-state index contributed by atoms with van der Waals surface area (Å²) in [5.74, 6) is 7.87. The van der Waals surface area contributed by atoms with Crippen molar-refractivity contribution >= 4 is 5.82 Å². The molecule has 0 saturated heterocycles. The van der Waals surface area contributed by atoms with E-state index in [4.69, 9.17) is 10.6 Å². The minimum atomic E-state index is -0.209. The first kappa shape index (κ1) is 15.2. The zero-order chi connectivity index (χ0) is 15.8. The fourth-order valence-electron chi connectivity index (χ4n) is 1.85. The quantitative estimate of drug-likeness (QED) is 0.665. The van der Waals surface area contributed by atoms with Crippen molar-refractivity contribution in [2.24, 2.45) is 12.9 Å². The first-order valence-corrected chi connectivity index (χ1v) is 6.76. The lowest BCUT2D eigenvalue weighted by molar-refractivity contribution is 0.403. The molecule has 2 rings (SSSR count). The van der Waals surface area contributed by atoms with Gasteiger partial charge in [0.25, 0.3) is 0 Å². The highest BCUT2D eigenvalue weighted by atomic mass is 16.5. The van der Waals surface area contributed by atoms with Crippen LogP contribution in [0.25, 0.3) is 0 Å². The van der Waals surface area contributed by atoms with Gasteiger partial charge in [0.1, 0.15) is 5.82 Å². The van der Waals surface area contributed by atoms with Crippen LogP contribution in [0.4, 0.5) is 5.82 Å². The molecular weight excluding hydrogens is 268 g/mol. The molecule has 2 heterocycles. The minimum absolute atomic E-state index is 0.209. The number of anilines is 1. The number of hydrogen-bond acceptors (Lipinski definition) is 6. The Morgan fingerprint density at radius 1 is 1.24 bits per heavy atom. The Balaban J connectivity index is 2.49. The van der Waals surface area contributed by atoms with Crippen LogP contribution in [0, 0.1) is 13.8 Å². The number of nitrogens with one attached hydrogen (secondary N) is 1. The van der Waals surface area contributed by atoms with Crippen molar-refractivity contribution < 1.29 is 4.74 Å². The largest absolute Gasteiger partial charge is 0.420 e. The predicted molar refractivity (Wildman–Crippen MR) is 81.3 cm³/mol. The van der Waals surface area contributed by atoms with Gasteiger partial charge >= 0.3 is 0 Å². The molecule has 0 bridgehead atoms.